The van der Waals surface area contributed by atoms with Crippen molar-refractivity contribution in [2.24, 2.45) is 0 Å². The van der Waals surface area contributed by atoms with Crippen molar-refractivity contribution in [1.82, 2.24) is 10.3 Å². The highest BCUT2D eigenvalue weighted by atomic mass is 32.2. The molecule has 2 aromatic rings. The van der Waals surface area contributed by atoms with Crippen LogP contribution in [0.5, 0.6) is 0 Å². The lowest BCUT2D eigenvalue weighted by atomic mass is 10.2. The molecule has 0 radical (unpaired) electrons. The molecule has 0 aliphatic heterocycles. The Hall–Kier alpha value is -1.47. The van der Waals surface area contributed by atoms with Crippen LogP contribution in [0.2, 0.25) is 0 Å². The largest absolute Gasteiger partial charge is 0.347 e. The second-order valence-electron chi connectivity index (χ2n) is 3.93. The average molecular weight is 314 g/mol. The number of carbonyl (C=O) groups is 1. The Balaban J connectivity index is 1.92. The molecule has 3 nitrogen and oxygen atoms in total. The topological polar surface area (TPSA) is 42.0 Å². The van der Waals surface area contributed by atoms with E-state index >= 15 is 0 Å². The molecule has 0 unspecified atom stereocenters. The van der Waals surface area contributed by atoms with Crippen LogP contribution in [0, 0.1) is 6.92 Å². The van der Waals surface area contributed by atoms with Crippen molar-refractivity contribution in [3.63, 3.8) is 0 Å². The van der Waals surface area contributed by atoms with Crippen molar-refractivity contribution in [2.45, 2.75) is 24.1 Å². The van der Waals surface area contributed by atoms with Gasteiger partial charge in [0.05, 0.1) is 11.6 Å². The van der Waals surface area contributed by atoms with E-state index in [1.807, 2.05) is 6.92 Å². The van der Waals surface area contributed by atoms with Gasteiger partial charge in [0, 0.05) is 21.5 Å². The Labute approximate surface area is 123 Å². The smallest absolute Gasteiger partial charge is 0.288 e. The van der Waals surface area contributed by atoms with Crippen molar-refractivity contribution in [3.05, 3.63) is 45.9 Å². The summed E-state index contributed by atoms with van der Waals surface area (Å²) in [5, 5.41) is 3.71. The summed E-state index contributed by atoms with van der Waals surface area (Å²) in [5.74, 6) is -2.69. The van der Waals surface area contributed by atoms with Gasteiger partial charge in [-0.15, -0.1) is 11.3 Å². The molecule has 20 heavy (non-hydrogen) atoms. The number of hydrogen-bond donors (Lipinski definition) is 1. The van der Waals surface area contributed by atoms with Crippen LogP contribution in [-0.2, 0) is 6.54 Å². The first kappa shape index (κ1) is 14.9. The van der Waals surface area contributed by atoms with Crippen LogP contribution in [0.25, 0.3) is 0 Å². The van der Waals surface area contributed by atoms with E-state index in [9.17, 15) is 13.6 Å². The first-order valence-electron chi connectivity index (χ1n) is 5.79. The van der Waals surface area contributed by atoms with Gasteiger partial charge in [-0.05, 0) is 31.2 Å². The predicted octanol–water partition coefficient (Wildman–Crippen LogP) is 3.70. The third-order valence-corrected chi connectivity index (χ3v) is 4.07. The van der Waals surface area contributed by atoms with E-state index in [1.165, 1.54) is 35.6 Å². The fourth-order valence-corrected chi connectivity index (χ4v) is 2.78. The monoisotopic (exact) mass is 314 g/mol. The van der Waals surface area contributed by atoms with Crippen LogP contribution >= 0.6 is 23.1 Å². The molecule has 0 saturated heterocycles. The SMILES string of the molecule is Cc1ncc(CNC(=O)c2ccc(SC(F)F)cc2)s1. The van der Waals surface area contributed by atoms with E-state index < -0.39 is 5.76 Å². The first-order valence-corrected chi connectivity index (χ1v) is 7.48. The molecule has 0 saturated carbocycles. The molecule has 1 aromatic carbocycles. The van der Waals surface area contributed by atoms with Crippen molar-refractivity contribution in [2.75, 3.05) is 0 Å². The molecular weight excluding hydrogens is 302 g/mol. The molecule has 1 heterocycles. The van der Waals surface area contributed by atoms with Gasteiger partial charge < -0.3 is 5.32 Å². The van der Waals surface area contributed by atoms with Gasteiger partial charge in [0.1, 0.15) is 0 Å². The highest BCUT2D eigenvalue weighted by Gasteiger charge is 2.08. The van der Waals surface area contributed by atoms with Crippen molar-refractivity contribution >= 4 is 29.0 Å². The first-order chi connectivity index (χ1) is 9.54. The normalized spacial score (nSPS) is 10.8. The Morgan fingerprint density at radius 2 is 2.10 bits per heavy atom. The molecule has 106 valence electrons. The van der Waals surface area contributed by atoms with Crippen LogP contribution < -0.4 is 5.32 Å². The summed E-state index contributed by atoms with van der Waals surface area (Å²) in [6.45, 7) is 2.31. The minimum atomic E-state index is -2.45. The van der Waals surface area contributed by atoms with E-state index in [1.54, 1.807) is 6.20 Å². The van der Waals surface area contributed by atoms with E-state index in [4.69, 9.17) is 0 Å². The second-order valence-corrected chi connectivity index (χ2v) is 6.31. The number of carbonyl (C=O) groups excluding carboxylic acids is 1. The fourth-order valence-electron chi connectivity index (χ4n) is 1.54. The Morgan fingerprint density at radius 3 is 2.65 bits per heavy atom. The molecule has 1 N–H and O–H groups in total. The summed E-state index contributed by atoms with van der Waals surface area (Å²) in [4.78, 5) is 17.4. The maximum atomic E-state index is 12.2. The maximum absolute atomic E-state index is 12.2. The molecule has 1 aromatic heterocycles. The second kappa shape index (κ2) is 6.81. The third kappa shape index (κ3) is 4.28. The predicted molar refractivity (Wildman–Crippen MR) is 76.3 cm³/mol. The summed E-state index contributed by atoms with van der Waals surface area (Å²) in [6, 6.07) is 6.11. The number of benzene rings is 1. The van der Waals surface area contributed by atoms with Gasteiger partial charge in [-0.1, -0.05) is 11.8 Å². The molecule has 0 atom stereocenters. The number of nitrogens with zero attached hydrogens (tertiary/aromatic N) is 1. The van der Waals surface area contributed by atoms with E-state index in [-0.39, 0.29) is 5.91 Å². The number of amides is 1. The van der Waals surface area contributed by atoms with Crippen molar-refractivity contribution in [1.29, 1.82) is 0 Å². The number of alkyl halides is 2. The minimum Gasteiger partial charge on any atom is -0.347 e. The van der Waals surface area contributed by atoms with Gasteiger partial charge in [-0.2, -0.15) is 8.78 Å². The zero-order valence-corrected chi connectivity index (χ0v) is 12.2. The Kier molecular flexibility index (Phi) is 5.08. The molecule has 0 fully saturated rings. The number of nitrogens with one attached hydrogen (secondary N) is 1. The summed E-state index contributed by atoms with van der Waals surface area (Å²) in [5.41, 5.74) is 0.449. The van der Waals surface area contributed by atoms with Gasteiger partial charge in [0.2, 0.25) is 0 Å². The summed E-state index contributed by atoms with van der Waals surface area (Å²) in [6.07, 6.45) is 1.72. The number of hydrogen-bond acceptors (Lipinski definition) is 4. The molecule has 2 rings (SSSR count). The number of aromatic nitrogens is 1. The lowest BCUT2D eigenvalue weighted by Crippen LogP contribution is -2.22. The van der Waals surface area contributed by atoms with Gasteiger partial charge in [-0.25, -0.2) is 4.98 Å². The van der Waals surface area contributed by atoms with E-state index in [0.29, 0.717) is 28.8 Å². The van der Waals surface area contributed by atoms with Crippen LogP contribution in [-0.4, -0.2) is 16.6 Å². The molecule has 0 aliphatic carbocycles. The summed E-state index contributed by atoms with van der Waals surface area (Å²) < 4.78 is 24.3. The minimum absolute atomic E-state index is 0.232. The zero-order valence-electron chi connectivity index (χ0n) is 10.6. The highest BCUT2D eigenvalue weighted by molar-refractivity contribution is 7.99. The van der Waals surface area contributed by atoms with Gasteiger partial charge in [-0.3, -0.25) is 4.79 Å². The summed E-state index contributed by atoms with van der Waals surface area (Å²) in [7, 11) is 0. The average Bonchev–Trinajstić information content (AvgIpc) is 2.82. The van der Waals surface area contributed by atoms with E-state index in [2.05, 4.69) is 10.3 Å². The lowest BCUT2D eigenvalue weighted by molar-refractivity contribution is 0.0951. The van der Waals surface area contributed by atoms with E-state index in [0.717, 1.165) is 9.88 Å². The third-order valence-electron chi connectivity index (χ3n) is 2.43. The van der Waals surface area contributed by atoms with Crippen LogP contribution in [0.1, 0.15) is 20.2 Å². The van der Waals surface area contributed by atoms with Gasteiger partial charge in [0.15, 0.2) is 0 Å². The molecule has 0 spiro atoms. The molecule has 1 amide bonds. The Bertz CT molecular complexity index is 584. The quantitative estimate of drug-likeness (QED) is 0.856. The van der Waals surface area contributed by atoms with Crippen LogP contribution in [0.3, 0.4) is 0 Å². The lowest BCUT2D eigenvalue weighted by Gasteiger charge is -2.05. The van der Waals surface area contributed by atoms with Crippen molar-refractivity contribution in [3.8, 4) is 0 Å². The maximum Gasteiger partial charge on any atom is 0.288 e. The number of rotatable bonds is 5. The van der Waals surface area contributed by atoms with Gasteiger partial charge in [0.25, 0.3) is 11.7 Å². The number of thioether (sulfide) groups is 1. The summed E-state index contributed by atoms with van der Waals surface area (Å²) >= 11 is 1.98. The van der Waals surface area contributed by atoms with Crippen LogP contribution in [0.15, 0.2) is 35.4 Å². The molecule has 7 heteroatoms. The highest BCUT2D eigenvalue weighted by Crippen LogP contribution is 2.25. The molecule has 0 aliphatic rings. The van der Waals surface area contributed by atoms with Crippen LogP contribution in [0.4, 0.5) is 8.78 Å². The molecular formula is C13H12F2N2OS2. The Morgan fingerprint density at radius 1 is 1.40 bits per heavy atom. The number of aryl methyl sites for hydroxylation is 1. The van der Waals surface area contributed by atoms with Crippen molar-refractivity contribution < 1.29 is 13.6 Å². The van der Waals surface area contributed by atoms with Gasteiger partial charge >= 0.3 is 0 Å². The molecule has 0 bridgehead atoms. The zero-order chi connectivity index (χ0) is 14.5. The number of halogens is 2. The fraction of sp³-hybridized carbons (Fsp3) is 0.231. The standard InChI is InChI=1S/C13H12F2N2OS2/c1-8-16-6-11(19-8)7-17-12(18)9-2-4-10(5-3-9)20-13(14)15/h2-6,13H,7H2,1H3,(H,17,18). The number of thiazole rings is 1.